The number of amides is 2. The van der Waals surface area contributed by atoms with Gasteiger partial charge in [-0.05, 0) is 80.4 Å². The molecule has 12 heteroatoms. The summed E-state index contributed by atoms with van der Waals surface area (Å²) in [6.45, 7) is 3.44. The molecule has 0 N–H and O–H groups in total. The number of halogens is 1. The molecule has 1 atom stereocenters. The van der Waals surface area contributed by atoms with Gasteiger partial charge in [-0.3, -0.25) is 14.2 Å². The predicted molar refractivity (Wildman–Crippen MR) is 165 cm³/mol. The lowest BCUT2D eigenvalue weighted by molar-refractivity contribution is -0.143. The summed E-state index contributed by atoms with van der Waals surface area (Å²) >= 11 is 7.50. The summed E-state index contributed by atoms with van der Waals surface area (Å²) in [5, 5.41) is 10.2. The molecule has 1 aliphatic heterocycles. The maximum atomic E-state index is 13.0. The number of hydrogen-bond donors (Lipinski definition) is 0. The van der Waals surface area contributed by atoms with E-state index < -0.39 is 0 Å². The molecule has 2 aromatic carbocycles. The van der Waals surface area contributed by atoms with E-state index in [2.05, 4.69) is 10.2 Å². The normalized spacial score (nSPS) is 15.0. The minimum absolute atomic E-state index is 0.0488. The fourth-order valence-corrected chi connectivity index (χ4v) is 5.98. The molecule has 2 aromatic heterocycles. The van der Waals surface area contributed by atoms with Crippen molar-refractivity contribution in [2.75, 3.05) is 39.1 Å². The molecule has 226 valence electrons. The Labute approximate surface area is 259 Å². The van der Waals surface area contributed by atoms with Gasteiger partial charge in [0, 0.05) is 42.9 Å². The van der Waals surface area contributed by atoms with Crippen molar-refractivity contribution < 1.29 is 23.5 Å². The molecule has 0 bridgehead atoms. The van der Waals surface area contributed by atoms with Crippen molar-refractivity contribution in [2.24, 2.45) is 0 Å². The van der Waals surface area contributed by atoms with Crippen LogP contribution in [0.15, 0.2) is 76.5 Å². The van der Waals surface area contributed by atoms with E-state index in [-0.39, 0.29) is 24.5 Å². The van der Waals surface area contributed by atoms with Crippen molar-refractivity contribution in [1.29, 1.82) is 0 Å². The van der Waals surface area contributed by atoms with Crippen molar-refractivity contribution in [3.8, 4) is 28.8 Å². The largest absolute Gasteiger partial charge is 0.497 e. The number of rotatable bonds is 12. The molecule has 1 saturated heterocycles. The van der Waals surface area contributed by atoms with Gasteiger partial charge in [0.1, 0.15) is 11.5 Å². The van der Waals surface area contributed by atoms with Crippen molar-refractivity contribution in [3.05, 3.63) is 71.9 Å². The number of unbranched alkanes of at least 4 members (excludes halogenated alkanes) is 1. The van der Waals surface area contributed by atoms with E-state index in [1.54, 1.807) is 54.3 Å². The molecule has 5 rings (SSSR count). The van der Waals surface area contributed by atoms with Gasteiger partial charge in [-0.15, -0.1) is 10.2 Å². The van der Waals surface area contributed by atoms with Crippen LogP contribution in [0, 0.1) is 0 Å². The Hall–Kier alpha value is -3.96. The van der Waals surface area contributed by atoms with Crippen LogP contribution in [0.4, 0.5) is 0 Å². The van der Waals surface area contributed by atoms with Crippen LogP contribution in [-0.2, 0) is 9.59 Å². The highest BCUT2D eigenvalue weighted by Gasteiger charge is 2.29. The molecule has 1 aliphatic rings. The van der Waals surface area contributed by atoms with E-state index in [1.807, 2.05) is 52.8 Å². The highest BCUT2D eigenvalue weighted by molar-refractivity contribution is 7.99. The molecule has 0 aliphatic carbocycles. The number of thioether (sulfide) groups is 1. The van der Waals surface area contributed by atoms with E-state index in [4.69, 9.17) is 25.5 Å². The Balaban J connectivity index is 1.08. The monoisotopic (exact) mass is 623 g/mol. The summed E-state index contributed by atoms with van der Waals surface area (Å²) in [7, 11) is 1.64. The number of piperazine rings is 1. The van der Waals surface area contributed by atoms with Gasteiger partial charge < -0.3 is 23.7 Å². The Morgan fingerprint density at radius 3 is 2.47 bits per heavy atom. The number of methoxy groups -OCH3 is 1. The summed E-state index contributed by atoms with van der Waals surface area (Å²) in [6, 6.07) is 18.2. The first-order chi connectivity index (χ1) is 20.9. The molecule has 43 heavy (non-hydrogen) atoms. The number of ether oxygens (including phenoxy) is 2. The third kappa shape index (κ3) is 7.71. The van der Waals surface area contributed by atoms with E-state index in [0.717, 1.165) is 35.2 Å². The summed E-state index contributed by atoms with van der Waals surface area (Å²) in [5.74, 6) is 3.41. The van der Waals surface area contributed by atoms with E-state index >= 15 is 0 Å². The minimum atomic E-state index is -0.0933. The number of carbonyl (C=O) groups excluding carboxylic acids is 2. The van der Waals surface area contributed by atoms with Crippen LogP contribution in [0.25, 0.3) is 17.3 Å². The van der Waals surface area contributed by atoms with Crippen LogP contribution in [-0.4, -0.2) is 81.5 Å². The highest BCUT2D eigenvalue weighted by atomic mass is 35.5. The first-order valence-corrected chi connectivity index (χ1v) is 15.5. The first kappa shape index (κ1) is 30.5. The summed E-state index contributed by atoms with van der Waals surface area (Å²) in [4.78, 5) is 29.3. The molecule has 0 saturated carbocycles. The Morgan fingerprint density at radius 2 is 1.77 bits per heavy atom. The van der Waals surface area contributed by atoms with Gasteiger partial charge in [0.05, 0.1) is 19.1 Å². The average Bonchev–Trinajstić information content (AvgIpc) is 3.71. The van der Waals surface area contributed by atoms with Crippen molar-refractivity contribution in [1.82, 2.24) is 24.6 Å². The molecule has 1 fully saturated rings. The highest BCUT2D eigenvalue weighted by Crippen LogP contribution is 2.29. The summed E-state index contributed by atoms with van der Waals surface area (Å²) < 4.78 is 18.5. The van der Waals surface area contributed by atoms with E-state index in [0.29, 0.717) is 48.4 Å². The standard InChI is InChI=1S/C31H34ClN5O5S/c1-22-20-35(16-17-36(22)29(39)21-42-26-12-8-23(32)9-13-26)28(38)7-3-4-19-43-31-34-33-30(27-6-5-18-41-27)37(31)24-10-14-25(40-2)15-11-24/h5-6,8-15,18,22H,3-4,7,16-17,19-21H2,1-2H3. The Kier molecular flexibility index (Phi) is 10.3. The maximum Gasteiger partial charge on any atom is 0.260 e. The number of benzene rings is 2. The van der Waals surface area contributed by atoms with Gasteiger partial charge in [0.15, 0.2) is 17.5 Å². The van der Waals surface area contributed by atoms with Gasteiger partial charge in [-0.2, -0.15) is 0 Å². The van der Waals surface area contributed by atoms with Crippen LogP contribution < -0.4 is 9.47 Å². The average molecular weight is 624 g/mol. The van der Waals surface area contributed by atoms with Crippen molar-refractivity contribution in [2.45, 2.75) is 37.4 Å². The van der Waals surface area contributed by atoms with Gasteiger partial charge in [0.25, 0.3) is 5.91 Å². The lowest BCUT2D eigenvalue weighted by atomic mass is 10.1. The fourth-order valence-electron chi connectivity index (χ4n) is 4.91. The smallest absolute Gasteiger partial charge is 0.260 e. The van der Waals surface area contributed by atoms with E-state index in [9.17, 15) is 9.59 Å². The van der Waals surface area contributed by atoms with Crippen LogP contribution in [0.2, 0.25) is 5.02 Å². The van der Waals surface area contributed by atoms with Gasteiger partial charge in [0.2, 0.25) is 11.7 Å². The minimum Gasteiger partial charge on any atom is -0.497 e. The topological polar surface area (TPSA) is 103 Å². The zero-order chi connectivity index (χ0) is 30.2. The third-order valence-corrected chi connectivity index (χ3v) is 8.47. The molecule has 0 spiro atoms. The van der Waals surface area contributed by atoms with Gasteiger partial charge in [-0.25, -0.2) is 0 Å². The zero-order valence-corrected chi connectivity index (χ0v) is 25.7. The maximum absolute atomic E-state index is 13.0. The number of carbonyl (C=O) groups is 2. The Bertz CT molecular complexity index is 1490. The molecule has 2 amide bonds. The second kappa shape index (κ2) is 14.5. The molecule has 4 aromatic rings. The van der Waals surface area contributed by atoms with Crippen molar-refractivity contribution >= 4 is 35.2 Å². The quantitative estimate of drug-likeness (QED) is 0.149. The van der Waals surface area contributed by atoms with Crippen molar-refractivity contribution in [3.63, 3.8) is 0 Å². The second-order valence-corrected chi connectivity index (χ2v) is 11.6. The Morgan fingerprint density at radius 1 is 1.00 bits per heavy atom. The molecular formula is C31H34ClN5O5S. The molecule has 10 nitrogen and oxygen atoms in total. The SMILES string of the molecule is COc1ccc(-n2c(SCCCCC(=O)N3CCN(C(=O)COc4ccc(Cl)cc4)C(C)C3)nnc2-c2ccco2)cc1. The summed E-state index contributed by atoms with van der Waals surface area (Å²) in [5.41, 5.74) is 0.901. The predicted octanol–water partition coefficient (Wildman–Crippen LogP) is 5.59. The van der Waals surface area contributed by atoms with Crippen LogP contribution in [0.3, 0.4) is 0 Å². The number of hydrogen-bond acceptors (Lipinski definition) is 8. The molecule has 1 unspecified atom stereocenters. The third-order valence-electron chi connectivity index (χ3n) is 7.20. The first-order valence-electron chi connectivity index (χ1n) is 14.1. The molecule has 0 radical (unpaired) electrons. The van der Waals surface area contributed by atoms with Crippen LogP contribution in [0.1, 0.15) is 26.2 Å². The lowest BCUT2D eigenvalue weighted by Crippen LogP contribution is -2.56. The fraction of sp³-hybridized carbons (Fsp3) is 0.355. The zero-order valence-electron chi connectivity index (χ0n) is 24.1. The second-order valence-electron chi connectivity index (χ2n) is 10.1. The molecular weight excluding hydrogens is 590 g/mol. The number of aromatic nitrogens is 3. The van der Waals surface area contributed by atoms with Crippen LogP contribution >= 0.6 is 23.4 Å². The molecule has 3 heterocycles. The van der Waals surface area contributed by atoms with Gasteiger partial charge >= 0.3 is 0 Å². The lowest BCUT2D eigenvalue weighted by Gasteiger charge is -2.40. The van der Waals surface area contributed by atoms with Crippen LogP contribution in [0.5, 0.6) is 11.5 Å². The number of nitrogens with zero attached hydrogens (tertiary/aromatic N) is 5. The number of furan rings is 1. The van der Waals surface area contributed by atoms with E-state index in [1.165, 1.54) is 0 Å². The van der Waals surface area contributed by atoms with Gasteiger partial charge in [-0.1, -0.05) is 23.4 Å². The summed E-state index contributed by atoms with van der Waals surface area (Å²) in [6.07, 6.45) is 3.68.